The van der Waals surface area contributed by atoms with Crippen LogP contribution in [-0.4, -0.2) is 29.9 Å². The number of hydrogen-bond donors (Lipinski definition) is 1. The van der Waals surface area contributed by atoms with Crippen LogP contribution in [0.25, 0.3) is 0 Å². The number of anilines is 1. The van der Waals surface area contributed by atoms with E-state index in [1.807, 2.05) is 75.4 Å². The SMILES string of the molecule is COc1ccc(NC(=O)C(C(C)C)N(Cc2ccc(C)cc2)C(=O)Cc2ccccc2)cc1. The van der Waals surface area contributed by atoms with E-state index in [4.69, 9.17) is 4.74 Å². The maximum absolute atomic E-state index is 13.5. The minimum atomic E-state index is -0.621. The van der Waals surface area contributed by atoms with Crippen molar-refractivity contribution in [2.24, 2.45) is 5.92 Å². The van der Waals surface area contributed by atoms with E-state index in [2.05, 4.69) is 5.32 Å². The zero-order valence-corrected chi connectivity index (χ0v) is 19.7. The third kappa shape index (κ3) is 6.69. The van der Waals surface area contributed by atoms with E-state index in [0.717, 1.165) is 16.7 Å². The molecule has 2 amide bonds. The molecule has 5 heteroatoms. The lowest BCUT2D eigenvalue weighted by atomic mass is 9.99. The number of benzene rings is 3. The fourth-order valence-corrected chi connectivity index (χ4v) is 3.80. The first-order valence-electron chi connectivity index (χ1n) is 11.2. The number of aryl methyl sites for hydroxylation is 1. The molecule has 1 N–H and O–H groups in total. The molecule has 0 fully saturated rings. The summed E-state index contributed by atoms with van der Waals surface area (Å²) in [4.78, 5) is 28.6. The van der Waals surface area contributed by atoms with Gasteiger partial charge in [0.05, 0.1) is 13.5 Å². The first-order valence-corrected chi connectivity index (χ1v) is 11.2. The van der Waals surface area contributed by atoms with Gasteiger partial charge in [0.2, 0.25) is 11.8 Å². The van der Waals surface area contributed by atoms with Crippen molar-refractivity contribution in [2.75, 3.05) is 12.4 Å². The van der Waals surface area contributed by atoms with E-state index in [0.29, 0.717) is 18.0 Å². The van der Waals surface area contributed by atoms with Crippen molar-refractivity contribution in [2.45, 2.75) is 39.8 Å². The Labute approximate surface area is 196 Å². The van der Waals surface area contributed by atoms with Gasteiger partial charge in [0.25, 0.3) is 0 Å². The number of rotatable bonds is 9. The van der Waals surface area contributed by atoms with Gasteiger partial charge in [-0.1, -0.05) is 74.0 Å². The highest BCUT2D eigenvalue weighted by Crippen LogP contribution is 2.21. The van der Waals surface area contributed by atoms with Gasteiger partial charge < -0.3 is 15.0 Å². The number of nitrogens with zero attached hydrogens (tertiary/aromatic N) is 1. The molecular weight excluding hydrogens is 412 g/mol. The van der Waals surface area contributed by atoms with E-state index >= 15 is 0 Å². The minimum Gasteiger partial charge on any atom is -0.497 e. The average Bonchev–Trinajstić information content (AvgIpc) is 2.81. The molecule has 0 aliphatic heterocycles. The zero-order valence-electron chi connectivity index (χ0n) is 19.7. The van der Waals surface area contributed by atoms with Crippen LogP contribution in [0.15, 0.2) is 78.9 Å². The Morgan fingerprint density at radius 2 is 1.52 bits per heavy atom. The predicted octanol–water partition coefficient (Wildman–Crippen LogP) is 5.24. The Hall–Kier alpha value is -3.60. The molecule has 3 aromatic carbocycles. The molecule has 172 valence electrons. The normalized spacial score (nSPS) is 11.7. The standard InChI is InChI=1S/C28H32N2O3/c1-20(2)27(28(32)29-24-14-16-25(33-4)17-15-24)30(19-23-12-10-21(3)11-13-23)26(31)18-22-8-6-5-7-9-22/h5-17,20,27H,18-19H2,1-4H3,(H,29,32). The Bertz CT molecular complexity index is 1040. The molecule has 1 atom stereocenters. The van der Waals surface area contributed by atoms with Crippen LogP contribution in [0.3, 0.4) is 0 Å². The second-order valence-electron chi connectivity index (χ2n) is 8.58. The smallest absolute Gasteiger partial charge is 0.247 e. The van der Waals surface area contributed by atoms with Crippen molar-refractivity contribution < 1.29 is 14.3 Å². The van der Waals surface area contributed by atoms with Gasteiger partial charge >= 0.3 is 0 Å². The molecule has 0 saturated carbocycles. The maximum Gasteiger partial charge on any atom is 0.247 e. The quantitative estimate of drug-likeness (QED) is 0.491. The van der Waals surface area contributed by atoms with Crippen molar-refractivity contribution >= 4 is 17.5 Å². The topological polar surface area (TPSA) is 58.6 Å². The van der Waals surface area contributed by atoms with E-state index in [-0.39, 0.29) is 24.2 Å². The fraction of sp³-hybridized carbons (Fsp3) is 0.286. The van der Waals surface area contributed by atoms with Gasteiger partial charge in [-0.05, 0) is 48.2 Å². The molecule has 0 spiro atoms. The molecule has 0 aliphatic carbocycles. The summed E-state index contributed by atoms with van der Waals surface area (Å²) in [5, 5.41) is 2.98. The fourth-order valence-electron chi connectivity index (χ4n) is 3.80. The summed E-state index contributed by atoms with van der Waals surface area (Å²) < 4.78 is 5.20. The highest BCUT2D eigenvalue weighted by Gasteiger charge is 2.32. The Kier molecular flexibility index (Phi) is 8.25. The number of nitrogens with one attached hydrogen (secondary N) is 1. The third-order valence-corrected chi connectivity index (χ3v) is 5.59. The molecule has 0 saturated heterocycles. The van der Waals surface area contributed by atoms with Gasteiger partial charge in [-0.25, -0.2) is 0 Å². The van der Waals surface area contributed by atoms with E-state index in [9.17, 15) is 9.59 Å². The molecule has 0 heterocycles. The monoisotopic (exact) mass is 444 g/mol. The van der Waals surface area contributed by atoms with Crippen molar-refractivity contribution in [3.05, 3.63) is 95.6 Å². The van der Waals surface area contributed by atoms with Crippen LogP contribution in [0, 0.1) is 12.8 Å². The second-order valence-corrected chi connectivity index (χ2v) is 8.58. The molecule has 3 rings (SSSR count). The van der Waals surface area contributed by atoms with Crippen LogP contribution < -0.4 is 10.1 Å². The highest BCUT2D eigenvalue weighted by atomic mass is 16.5. The number of ether oxygens (including phenoxy) is 1. The highest BCUT2D eigenvalue weighted by molar-refractivity contribution is 5.97. The van der Waals surface area contributed by atoms with Gasteiger partial charge in [0, 0.05) is 12.2 Å². The summed E-state index contributed by atoms with van der Waals surface area (Å²) in [6.45, 7) is 6.33. The summed E-state index contributed by atoms with van der Waals surface area (Å²) in [6.07, 6.45) is 0.242. The second kappa shape index (κ2) is 11.3. The first kappa shape index (κ1) is 24.1. The molecule has 0 bridgehead atoms. The Morgan fingerprint density at radius 1 is 0.879 bits per heavy atom. The first-order chi connectivity index (χ1) is 15.9. The van der Waals surface area contributed by atoms with Crippen molar-refractivity contribution in [1.82, 2.24) is 4.90 Å². The zero-order chi connectivity index (χ0) is 23.8. The average molecular weight is 445 g/mol. The van der Waals surface area contributed by atoms with Crippen LogP contribution in [0.4, 0.5) is 5.69 Å². The largest absolute Gasteiger partial charge is 0.497 e. The summed E-state index contributed by atoms with van der Waals surface area (Å²) in [7, 11) is 1.60. The number of methoxy groups -OCH3 is 1. The van der Waals surface area contributed by atoms with Crippen LogP contribution in [-0.2, 0) is 22.6 Å². The van der Waals surface area contributed by atoms with Gasteiger partial charge in [-0.2, -0.15) is 0 Å². The number of carbonyl (C=O) groups excluding carboxylic acids is 2. The van der Waals surface area contributed by atoms with Gasteiger partial charge in [-0.15, -0.1) is 0 Å². The Morgan fingerprint density at radius 3 is 2.09 bits per heavy atom. The lowest BCUT2D eigenvalue weighted by molar-refractivity contribution is -0.140. The molecule has 5 nitrogen and oxygen atoms in total. The van der Waals surface area contributed by atoms with Crippen molar-refractivity contribution in [3.8, 4) is 5.75 Å². The number of amides is 2. The van der Waals surface area contributed by atoms with E-state index < -0.39 is 6.04 Å². The molecule has 3 aromatic rings. The van der Waals surface area contributed by atoms with E-state index in [1.165, 1.54) is 0 Å². The minimum absolute atomic E-state index is 0.0755. The molecule has 0 aromatic heterocycles. The van der Waals surface area contributed by atoms with Crippen molar-refractivity contribution in [1.29, 1.82) is 0 Å². The van der Waals surface area contributed by atoms with Gasteiger partial charge in [-0.3, -0.25) is 9.59 Å². The summed E-state index contributed by atoms with van der Waals surface area (Å²) >= 11 is 0. The maximum atomic E-state index is 13.5. The van der Waals surface area contributed by atoms with E-state index in [1.54, 1.807) is 36.3 Å². The van der Waals surface area contributed by atoms with Crippen LogP contribution in [0.2, 0.25) is 0 Å². The van der Waals surface area contributed by atoms with Gasteiger partial charge in [0.15, 0.2) is 0 Å². The summed E-state index contributed by atoms with van der Waals surface area (Å²) in [6, 6.07) is 24.3. The predicted molar refractivity (Wildman–Crippen MR) is 132 cm³/mol. The van der Waals surface area contributed by atoms with Crippen LogP contribution in [0.1, 0.15) is 30.5 Å². The number of carbonyl (C=O) groups is 2. The van der Waals surface area contributed by atoms with Gasteiger partial charge in [0.1, 0.15) is 11.8 Å². The Balaban J connectivity index is 1.88. The van der Waals surface area contributed by atoms with Crippen LogP contribution in [0.5, 0.6) is 5.75 Å². The molecule has 0 radical (unpaired) electrons. The summed E-state index contributed by atoms with van der Waals surface area (Å²) in [5.74, 6) is 0.356. The molecule has 33 heavy (non-hydrogen) atoms. The van der Waals surface area contributed by atoms with Crippen molar-refractivity contribution in [3.63, 3.8) is 0 Å². The lowest BCUT2D eigenvalue weighted by Crippen LogP contribution is -2.50. The van der Waals surface area contributed by atoms with Crippen LogP contribution >= 0.6 is 0 Å². The third-order valence-electron chi connectivity index (χ3n) is 5.59. The summed E-state index contributed by atoms with van der Waals surface area (Å²) in [5.41, 5.74) is 3.73. The number of hydrogen-bond acceptors (Lipinski definition) is 3. The lowest BCUT2D eigenvalue weighted by Gasteiger charge is -2.34. The molecule has 1 unspecified atom stereocenters. The molecular formula is C28H32N2O3. The molecule has 0 aliphatic rings.